The zero-order valence-electron chi connectivity index (χ0n) is 10.3. The summed E-state index contributed by atoms with van der Waals surface area (Å²) in [5, 5.41) is 4.16. The van der Waals surface area contributed by atoms with Gasteiger partial charge in [0.25, 0.3) is 0 Å². The Morgan fingerprint density at radius 2 is 1.79 bits per heavy atom. The molecular formula is C15H14BrCl2N. The summed E-state index contributed by atoms with van der Waals surface area (Å²) in [6.45, 7) is 1.55. The van der Waals surface area contributed by atoms with E-state index in [0.29, 0.717) is 5.88 Å². The summed E-state index contributed by atoms with van der Waals surface area (Å²) in [5.41, 5.74) is 3.47. The van der Waals surface area contributed by atoms with E-state index in [1.807, 2.05) is 30.3 Å². The molecule has 0 fully saturated rings. The van der Waals surface area contributed by atoms with Crippen LogP contribution >= 0.6 is 39.1 Å². The van der Waals surface area contributed by atoms with Crippen LogP contribution in [0.2, 0.25) is 5.02 Å². The number of hydrogen-bond acceptors (Lipinski definition) is 1. The highest BCUT2D eigenvalue weighted by Gasteiger charge is 2.01. The van der Waals surface area contributed by atoms with E-state index < -0.39 is 0 Å². The average molecular weight is 359 g/mol. The van der Waals surface area contributed by atoms with Gasteiger partial charge in [0.1, 0.15) is 0 Å². The molecule has 2 aromatic carbocycles. The van der Waals surface area contributed by atoms with Crippen LogP contribution in [0.15, 0.2) is 46.9 Å². The minimum absolute atomic E-state index is 0.548. The molecule has 0 saturated carbocycles. The molecule has 4 heteroatoms. The Bertz CT molecular complexity index is 558. The van der Waals surface area contributed by atoms with Crippen molar-refractivity contribution in [2.24, 2.45) is 0 Å². The van der Waals surface area contributed by atoms with Crippen LogP contribution in [0.4, 0.5) is 0 Å². The van der Waals surface area contributed by atoms with Crippen LogP contribution < -0.4 is 5.32 Å². The van der Waals surface area contributed by atoms with E-state index in [0.717, 1.165) is 33.7 Å². The molecule has 0 aromatic heterocycles. The molecule has 0 aliphatic carbocycles. The Morgan fingerprint density at radius 3 is 2.53 bits per heavy atom. The number of rotatable bonds is 5. The first-order valence-corrected chi connectivity index (χ1v) is 7.68. The van der Waals surface area contributed by atoms with Gasteiger partial charge in [-0.2, -0.15) is 0 Å². The monoisotopic (exact) mass is 357 g/mol. The molecule has 0 aliphatic rings. The van der Waals surface area contributed by atoms with Gasteiger partial charge in [-0.25, -0.2) is 0 Å². The quantitative estimate of drug-likeness (QED) is 0.730. The van der Waals surface area contributed by atoms with Crippen LogP contribution in [0, 0.1) is 0 Å². The summed E-state index contributed by atoms with van der Waals surface area (Å²) in [5.74, 6) is 0.548. The molecule has 0 heterocycles. The van der Waals surface area contributed by atoms with Gasteiger partial charge >= 0.3 is 0 Å². The second kappa shape index (κ2) is 7.30. The van der Waals surface area contributed by atoms with Gasteiger partial charge in [-0.3, -0.25) is 0 Å². The van der Waals surface area contributed by atoms with Crippen molar-refractivity contribution < 1.29 is 0 Å². The van der Waals surface area contributed by atoms with Gasteiger partial charge in [-0.15, -0.1) is 11.6 Å². The standard InChI is InChI=1S/C15H14BrCl2N/c16-14-5-4-13(15(18)7-14)10-19-9-12-3-1-2-11(6-12)8-17/h1-7,19H,8-10H2. The van der Waals surface area contributed by atoms with Crippen LogP contribution in [-0.2, 0) is 19.0 Å². The van der Waals surface area contributed by atoms with Crippen LogP contribution in [0.5, 0.6) is 0 Å². The predicted molar refractivity (Wildman–Crippen MR) is 85.7 cm³/mol. The maximum atomic E-state index is 6.17. The maximum Gasteiger partial charge on any atom is 0.0474 e. The smallest absolute Gasteiger partial charge is 0.0474 e. The van der Waals surface area contributed by atoms with Crippen LogP contribution in [-0.4, -0.2) is 0 Å². The fraction of sp³-hybridized carbons (Fsp3) is 0.200. The highest BCUT2D eigenvalue weighted by atomic mass is 79.9. The normalized spacial score (nSPS) is 10.7. The van der Waals surface area contributed by atoms with Crippen molar-refractivity contribution in [1.82, 2.24) is 5.32 Å². The molecule has 2 rings (SSSR count). The van der Waals surface area contributed by atoms with E-state index in [2.05, 4.69) is 33.4 Å². The van der Waals surface area contributed by atoms with Crippen molar-refractivity contribution in [1.29, 1.82) is 0 Å². The first kappa shape index (κ1) is 14.9. The number of nitrogens with one attached hydrogen (secondary N) is 1. The van der Waals surface area contributed by atoms with Gasteiger partial charge < -0.3 is 5.32 Å². The number of alkyl halides is 1. The zero-order valence-corrected chi connectivity index (χ0v) is 13.4. The van der Waals surface area contributed by atoms with Crippen molar-refractivity contribution in [2.75, 3.05) is 0 Å². The SMILES string of the molecule is ClCc1cccc(CNCc2ccc(Br)cc2Cl)c1. The summed E-state index contributed by atoms with van der Waals surface area (Å²) in [6.07, 6.45) is 0. The molecule has 0 saturated heterocycles. The van der Waals surface area contributed by atoms with Gasteiger partial charge in [0.2, 0.25) is 0 Å². The minimum Gasteiger partial charge on any atom is -0.309 e. The molecule has 0 unspecified atom stereocenters. The summed E-state index contributed by atoms with van der Waals surface area (Å²) >= 11 is 15.4. The fourth-order valence-electron chi connectivity index (χ4n) is 1.83. The Hall–Kier alpha value is -0.540. The molecule has 1 N–H and O–H groups in total. The third-order valence-electron chi connectivity index (χ3n) is 2.81. The number of benzene rings is 2. The molecule has 0 bridgehead atoms. The topological polar surface area (TPSA) is 12.0 Å². The van der Waals surface area contributed by atoms with Gasteiger partial charge in [0, 0.05) is 28.5 Å². The summed E-state index contributed by atoms with van der Waals surface area (Å²) in [7, 11) is 0. The molecule has 0 spiro atoms. The lowest BCUT2D eigenvalue weighted by Gasteiger charge is -2.08. The van der Waals surface area contributed by atoms with E-state index in [-0.39, 0.29) is 0 Å². The number of halogens is 3. The lowest BCUT2D eigenvalue weighted by molar-refractivity contribution is 0.693. The minimum atomic E-state index is 0.548. The van der Waals surface area contributed by atoms with Crippen molar-refractivity contribution in [3.8, 4) is 0 Å². The van der Waals surface area contributed by atoms with E-state index in [1.165, 1.54) is 5.56 Å². The van der Waals surface area contributed by atoms with Crippen molar-refractivity contribution in [2.45, 2.75) is 19.0 Å². The highest BCUT2D eigenvalue weighted by Crippen LogP contribution is 2.21. The average Bonchev–Trinajstić information content (AvgIpc) is 2.41. The maximum absolute atomic E-state index is 6.17. The van der Waals surface area contributed by atoms with Gasteiger partial charge in [0.15, 0.2) is 0 Å². The van der Waals surface area contributed by atoms with E-state index in [1.54, 1.807) is 0 Å². The van der Waals surface area contributed by atoms with Gasteiger partial charge in [0.05, 0.1) is 0 Å². The largest absolute Gasteiger partial charge is 0.309 e. The molecule has 0 atom stereocenters. The molecule has 0 aliphatic heterocycles. The molecule has 0 radical (unpaired) electrons. The van der Waals surface area contributed by atoms with Crippen LogP contribution in [0.25, 0.3) is 0 Å². The Balaban J connectivity index is 1.92. The van der Waals surface area contributed by atoms with Crippen molar-refractivity contribution >= 4 is 39.1 Å². The second-order valence-electron chi connectivity index (χ2n) is 4.29. The van der Waals surface area contributed by atoms with Gasteiger partial charge in [-0.05, 0) is 28.8 Å². The van der Waals surface area contributed by atoms with Gasteiger partial charge in [-0.1, -0.05) is 57.9 Å². The summed E-state index contributed by atoms with van der Waals surface area (Å²) in [4.78, 5) is 0. The molecule has 19 heavy (non-hydrogen) atoms. The number of hydrogen-bond donors (Lipinski definition) is 1. The molecule has 0 amide bonds. The Kier molecular flexibility index (Phi) is 5.71. The Labute approximate surface area is 132 Å². The van der Waals surface area contributed by atoms with Crippen LogP contribution in [0.3, 0.4) is 0 Å². The zero-order chi connectivity index (χ0) is 13.7. The highest BCUT2D eigenvalue weighted by molar-refractivity contribution is 9.10. The third kappa shape index (κ3) is 4.50. The summed E-state index contributed by atoms with van der Waals surface area (Å²) in [6, 6.07) is 14.2. The molecular weight excluding hydrogens is 345 g/mol. The lowest BCUT2D eigenvalue weighted by Crippen LogP contribution is -2.13. The predicted octanol–water partition coefficient (Wildman–Crippen LogP) is 5.13. The first-order valence-electron chi connectivity index (χ1n) is 5.97. The van der Waals surface area contributed by atoms with Crippen molar-refractivity contribution in [3.63, 3.8) is 0 Å². The van der Waals surface area contributed by atoms with Crippen molar-refractivity contribution in [3.05, 3.63) is 68.7 Å². The second-order valence-corrected chi connectivity index (χ2v) is 5.88. The fourth-order valence-corrected chi connectivity index (χ4v) is 2.74. The molecule has 2 aromatic rings. The lowest BCUT2D eigenvalue weighted by atomic mass is 10.1. The van der Waals surface area contributed by atoms with E-state index in [4.69, 9.17) is 23.2 Å². The van der Waals surface area contributed by atoms with E-state index in [9.17, 15) is 0 Å². The molecule has 100 valence electrons. The van der Waals surface area contributed by atoms with E-state index >= 15 is 0 Å². The third-order valence-corrected chi connectivity index (χ3v) is 3.96. The Morgan fingerprint density at radius 1 is 1.00 bits per heavy atom. The molecule has 1 nitrogen and oxygen atoms in total. The van der Waals surface area contributed by atoms with Crippen LogP contribution in [0.1, 0.15) is 16.7 Å². The summed E-state index contributed by atoms with van der Waals surface area (Å²) < 4.78 is 0.996. The first-order chi connectivity index (χ1) is 9.19.